The van der Waals surface area contributed by atoms with Gasteiger partial charge in [-0.25, -0.2) is 0 Å². The molecular weight excluding hydrogens is 267 g/mol. The van der Waals surface area contributed by atoms with Crippen molar-refractivity contribution in [3.05, 3.63) is 41.1 Å². The second kappa shape index (κ2) is 5.69. The zero-order chi connectivity index (χ0) is 14.8. The molecule has 0 spiro atoms. The summed E-state index contributed by atoms with van der Waals surface area (Å²) in [5.74, 6) is -1.72. The first kappa shape index (κ1) is 14.6. The van der Waals surface area contributed by atoms with Crippen molar-refractivity contribution < 1.29 is 18.0 Å². The van der Waals surface area contributed by atoms with Crippen LogP contribution in [0.1, 0.15) is 31.2 Å². The van der Waals surface area contributed by atoms with Crippen LogP contribution in [0, 0.1) is 6.92 Å². The summed E-state index contributed by atoms with van der Waals surface area (Å²) in [6.07, 6.45) is -2.72. The van der Waals surface area contributed by atoms with Crippen molar-refractivity contribution >= 4 is 11.5 Å². The molecule has 1 aromatic rings. The molecule has 1 aromatic carbocycles. The Morgan fingerprint density at radius 1 is 1.10 bits per heavy atom. The lowest BCUT2D eigenvalue weighted by Gasteiger charge is -2.21. The fourth-order valence-electron chi connectivity index (χ4n) is 2.28. The Labute approximate surface area is 115 Å². The fourth-order valence-corrected chi connectivity index (χ4v) is 2.28. The van der Waals surface area contributed by atoms with E-state index in [-0.39, 0.29) is 12.0 Å². The highest BCUT2D eigenvalue weighted by atomic mass is 19.4. The van der Waals surface area contributed by atoms with Gasteiger partial charge in [-0.1, -0.05) is 17.7 Å². The van der Waals surface area contributed by atoms with Gasteiger partial charge in [-0.3, -0.25) is 4.79 Å². The van der Waals surface area contributed by atoms with E-state index in [0.29, 0.717) is 24.2 Å². The van der Waals surface area contributed by atoms with Crippen LogP contribution in [-0.4, -0.2) is 12.0 Å². The molecule has 0 amide bonds. The Kier molecular flexibility index (Phi) is 4.16. The second-order valence-corrected chi connectivity index (χ2v) is 4.98. The third-order valence-corrected chi connectivity index (χ3v) is 3.35. The van der Waals surface area contributed by atoms with Gasteiger partial charge in [0.1, 0.15) is 0 Å². The molecule has 0 unspecified atom stereocenters. The van der Waals surface area contributed by atoms with Crippen molar-refractivity contribution in [3.63, 3.8) is 0 Å². The molecule has 0 aromatic heterocycles. The minimum Gasteiger partial charge on any atom is -0.359 e. The zero-order valence-electron chi connectivity index (χ0n) is 11.2. The van der Waals surface area contributed by atoms with Crippen LogP contribution in [0.5, 0.6) is 0 Å². The molecule has 0 saturated carbocycles. The Balaban J connectivity index is 2.27. The molecule has 20 heavy (non-hydrogen) atoms. The lowest BCUT2D eigenvalue weighted by Crippen LogP contribution is -2.28. The molecule has 0 bridgehead atoms. The number of hydrogen-bond acceptors (Lipinski definition) is 2. The monoisotopic (exact) mass is 283 g/mol. The molecule has 5 heteroatoms. The van der Waals surface area contributed by atoms with Crippen LogP contribution < -0.4 is 5.32 Å². The molecule has 1 aliphatic rings. The van der Waals surface area contributed by atoms with Crippen molar-refractivity contribution in [3.8, 4) is 0 Å². The topological polar surface area (TPSA) is 29.1 Å². The first-order valence-corrected chi connectivity index (χ1v) is 6.55. The van der Waals surface area contributed by atoms with Crippen LogP contribution in [-0.2, 0) is 4.79 Å². The van der Waals surface area contributed by atoms with Crippen LogP contribution in [0.3, 0.4) is 0 Å². The van der Waals surface area contributed by atoms with Gasteiger partial charge in [0.2, 0.25) is 0 Å². The average Bonchev–Trinajstić information content (AvgIpc) is 2.40. The molecule has 1 aliphatic carbocycles. The second-order valence-electron chi connectivity index (χ2n) is 4.98. The number of carbonyl (C=O) groups excluding carboxylic acids is 1. The predicted octanol–water partition coefficient (Wildman–Crippen LogP) is 4.37. The van der Waals surface area contributed by atoms with E-state index in [9.17, 15) is 18.0 Å². The maximum absolute atomic E-state index is 12.6. The molecule has 2 nitrogen and oxygen atoms in total. The minimum atomic E-state index is -4.80. The highest BCUT2D eigenvalue weighted by Crippen LogP contribution is 2.31. The molecular formula is C15H16F3NO. The van der Waals surface area contributed by atoms with Crippen LogP contribution >= 0.6 is 0 Å². The number of benzene rings is 1. The fraction of sp³-hybridized carbons (Fsp3) is 0.400. The molecule has 0 radical (unpaired) electrons. The largest absolute Gasteiger partial charge is 0.454 e. The van der Waals surface area contributed by atoms with E-state index in [1.165, 1.54) is 0 Å². The van der Waals surface area contributed by atoms with E-state index in [1.807, 2.05) is 19.1 Å². The summed E-state index contributed by atoms with van der Waals surface area (Å²) in [5.41, 5.74) is 2.06. The zero-order valence-corrected chi connectivity index (χ0v) is 11.2. The number of carbonyl (C=O) groups is 1. The van der Waals surface area contributed by atoms with Crippen molar-refractivity contribution in [1.29, 1.82) is 0 Å². The minimum absolute atomic E-state index is 0.121. The van der Waals surface area contributed by atoms with Gasteiger partial charge >= 0.3 is 6.18 Å². The van der Waals surface area contributed by atoms with Gasteiger partial charge in [0.05, 0.1) is 0 Å². The quantitative estimate of drug-likeness (QED) is 0.892. The molecule has 0 heterocycles. The summed E-state index contributed by atoms with van der Waals surface area (Å²) < 4.78 is 37.8. The van der Waals surface area contributed by atoms with Gasteiger partial charge < -0.3 is 5.32 Å². The molecule has 2 rings (SSSR count). The van der Waals surface area contributed by atoms with Gasteiger partial charge in [-0.2, -0.15) is 13.2 Å². The number of rotatable bonds is 3. The molecule has 1 N–H and O–H groups in total. The van der Waals surface area contributed by atoms with Gasteiger partial charge in [0.15, 0.2) is 0 Å². The lowest BCUT2D eigenvalue weighted by atomic mass is 9.93. The number of Topliss-reactive ketones (excluding diaryl/α,β-unsaturated/α-hetero) is 1. The maximum atomic E-state index is 12.6. The SMILES string of the molecule is Cc1ccc(NC2=C(C(=O)C(F)(F)F)CCCC2)cc1. The van der Waals surface area contributed by atoms with Crippen molar-refractivity contribution in [1.82, 2.24) is 0 Å². The van der Waals surface area contributed by atoms with Crippen LogP contribution in [0.2, 0.25) is 0 Å². The van der Waals surface area contributed by atoms with Crippen LogP contribution in [0.4, 0.5) is 18.9 Å². The van der Waals surface area contributed by atoms with E-state index in [1.54, 1.807) is 12.1 Å². The Morgan fingerprint density at radius 2 is 1.70 bits per heavy atom. The summed E-state index contributed by atoms with van der Waals surface area (Å²) in [4.78, 5) is 11.5. The van der Waals surface area contributed by atoms with E-state index in [2.05, 4.69) is 5.32 Å². The van der Waals surface area contributed by atoms with E-state index < -0.39 is 12.0 Å². The number of ketones is 1. The smallest absolute Gasteiger partial charge is 0.359 e. The van der Waals surface area contributed by atoms with Gasteiger partial charge in [-0.05, 0) is 44.7 Å². The highest BCUT2D eigenvalue weighted by molar-refractivity contribution is 6.00. The van der Waals surface area contributed by atoms with Crippen molar-refractivity contribution in [2.24, 2.45) is 0 Å². The molecule has 0 fully saturated rings. The van der Waals surface area contributed by atoms with Crippen LogP contribution in [0.25, 0.3) is 0 Å². The number of halogens is 3. The Morgan fingerprint density at radius 3 is 2.30 bits per heavy atom. The molecule has 0 atom stereocenters. The van der Waals surface area contributed by atoms with E-state index in [0.717, 1.165) is 12.0 Å². The third-order valence-electron chi connectivity index (χ3n) is 3.35. The van der Waals surface area contributed by atoms with Crippen molar-refractivity contribution in [2.45, 2.75) is 38.8 Å². The predicted molar refractivity (Wildman–Crippen MR) is 71.4 cm³/mol. The van der Waals surface area contributed by atoms with Crippen molar-refractivity contribution in [2.75, 3.05) is 5.32 Å². The summed E-state index contributed by atoms with van der Waals surface area (Å²) in [6, 6.07) is 7.34. The first-order chi connectivity index (χ1) is 9.38. The van der Waals surface area contributed by atoms with Gasteiger partial charge in [0.25, 0.3) is 5.78 Å². The van der Waals surface area contributed by atoms with Gasteiger partial charge in [0, 0.05) is 17.0 Å². The molecule has 0 aliphatic heterocycles. The molecule has 108 valence electrons. The summed E-state index contributed by atoms with van der Waals surface area (Å²) >= 11 is 0. The number of aryl methyl sites for hydroxylation is 1. The summed E-state index contributed by atoms with van der Waals surface area (Å²) in [7, 11) is 0. The maximum Gasteiger partial charge on any atom is 0.454 e. The number of anilines is 1. The Bertz CT molecular complexity index is 529. The standard InChI is InChI=1S/C15H16F3NO/c1-10-6-8-11(9-7-10)19-13-5-3-2-4-12(13)14(20)15(16,17)18/h6-9,19H,2-5H2,1H3. The van der Waals surface area contributed by atoms with Gasteiger partial charge in [-0.15, -0.1) is 0 Å². The highest BCUT2D eigenvalue weighted by Gasteiger charge is 2.41. The van der Waals surface area contributed by atoms with Crippen LogP contribution in [0.15, 0.2) is 35.5 Å². The number of nitrogens with one attached hydrogen (secondary N) is 1. The number of hydrogen-bond donors (Lipinski definition) is 1. The summed E-state index contributed by atoms with van der Waals surface area (Å²) in [5, 5.41) is 2.97. The lowest BCUT2D eigenvalue weighted by molar-refractivity contribution is -0.166. The summed E-state index contributed by atoms with van der Waals surface area (Å²) in [6.45, 7) is 1.93. The first-order valence-electron chi connectivity index (χ1n) is 6.55. The van der Waals surface area contributed by atoms with E-state index >= 15 is 0 Å². The molecule has 0 saturated heterocycles. The average molecular weight is 283 g/mol. The Hall–Kier alpha value is -1.78. The normalized spacial score (nSPS) is 16.2. The van der Waals surface area contributed by atoms with E-state index in [4.69, 9.17) is 0 Å². The number of alkyl halides is 3. The number of allylic oxidation sites excluding steroid dienone is 2. The third kappa shape index (κ3) is 3.40.